The summed E-state index contributed by atoms with van der Waals surface area (Å²) in [6.45, 7) is 2.26. The van der Waals surface area contributed by atoms with E-state index in [1.165, 1.54) is 25.7 Å². The summed E-state index contributed by atoms with van der Waals surface area (Å²) < 4.78 is 0. The minimum atomic E-state index is 0.417. The third-order valence-corrected chi connectivity index (χ3v) is 4.77. The normalized spacial score (nSPS) is 31.5. The summed E-state index contributed by atoms with van der Waals surface area (Å²) >= 11 is 0. The highest BCUT2D eigenvalue weighted by Gasteiger charge is 2.41. The van der Waals surface area contributed by atoms with Crippen LogP contribution < -0.4 is 16.8 Å². The number of anilines is 3. The van der Waals surface area contributed by atoms with Crippen molar-refractivity contribution < 1.29 is 0 Å². The first-order valence-electron chi connectivity index (χ1n) is 6.92. The molecule has 4 nitrogen and oxygen atoms in total. The average molecular weight is 246 g/mol. The lowest BCUT2D eigenvalue weighted by atomic mass is 9.84. The molecule has 2 saturated carbocycles. The van der Waals surface area contributed by atoms with Gasteiger partial charge in [-0.15, -0.1) is 0 Å². The molecule has 0 radical (unpaired) electrons. The highest BCUT2D eigenvalue weighted by atomic mass is 15.0. The molecule has 18 heavy (non-hydrogen) atoms. The first kappa shape index (κ1) is 11.6. The van der Waals surface area contributed by atoms with E-state index < -0.39 is 0 Å². The molecule has 98 valence electrons. The van der Waals surface area contributed by atoms with E-state index in [0.717, 1.165) is 23.6 Å². The first-order valence-corrected chi connectivity index (χ1v) is 6.92. The number of nitrogens with one attached hydrogen (secondary N) is 1. The van der Waals surface area contributed by atoms with Gasteiger partial charge < -0.3 is 16.8 Å². The number of pyridine rings is 1. The maximum atomic E-state index is 5.73. The zero-order chi connectivity index (χ0) is 12.7. The van der Waals surface area contributed by atoms with Gasteiger partial charge in [-0.1, -0.05) is 6.42 Å². The number of aromatic nitrogens is 1. The van der Waals surface area contributed by atoms with Crippen molar-refractivity contribution in [3.05, 3.63) is 12.1 Å². The van der Waals surface area contributed by atoms with Crippen LogP contribution in [-0.4, -0.2) is 11.0 Å². The fraction of sp³-hybridized carbons (Fsp3) is 0.643. The van der Waals surface area contributed by atoms with Crippen molar-refractivity contribution in [3.8, 4) is 0 Å². The summed E-state index contributed by atoms with van der Waals surface area (Å²) in [5, 5.41) is 3.49. The van der Waals surface area contributed by atoms with Crippen LogP contribution in [0.15, 0.2) is 12.1 Å². The topological polar surface area (TPSA) is 77.0 Å². The van der Waals surface area contributed by atoms with Gasteiger partial charge in [0.15, 0.2) is 0 Å². The molecule has 2 fully saturated rings. The second kappa shape index (κ2) is 4.34. The van der Waals surface area contributed by atoms with Crippen molar-refractivity contribution in [2.45, 2.75) is 38.6 Å². The monoisotopic (exact) mass is 246 g/mol. The average Bonchev–Trinajstić information content (AvgIpc) is 2.96. The zero-order valence-corrected chi connectivity index (χ0v) is 10.9. The quantitative estimate of drug-likeness (QED) is 0.765. The van der Waals surface area contributed by atoms with Crippen molar-refractivity contribution in [2.75, 3.05) is 16.8 Å². The van der Waals surface area contributed by atoms with Crippen LogP contribution >= 0.6 is 0 Å². The van der Waals surface area contributed by atoms with Crippen LogP contribution in [0.1, 0.15) is 32.6 Å². The molecule has 4 unspecified atom stereocenters. The lowest BCUT2D eigenvalue weighted by Gasteiger charge is -2.29. The van der Waals surface area contributed by atoms with Gasteiger partial charge in [0.25, 0.3) is 0 Å². The Morgan fingerprint density at radius 1 is 1.28 bits per heavy atom. The predicted octanol–water partition coefficient (Wildman–Crippen LogP) is 2.48. The lowest BCUT2D eigenvalue weighted by molar-refractivity contribution is 0.304. The molecule has 2 aliphatic carbocycles. The summed E-state index contributed by atoms with van der Waals surface area (Å²) in [4.78, 5) is 4.29. The van der Waals surface area contributed by atoms with Crippen LogP contribution in [0.25, 0.3) is 0 Å². The number of nitrogens with two attached hydrogens (primary N) is 2. The molecule has 4 heteroatoms. The molecule has 0 aromatic carbocycles. The summed E-state index contributed by atoms with van der Waals surface area (Å²) in [5.41, 5.74) is 12.0. The van der Waals surface area contributed by atoms with E-state index in [-0.39, 0.29) is 0 Å². The highest BCUT2D eigenvalue weighted by Crippen LogP contribution is 2.49. The van der Waals surface area contributed by atoms with Gasteiger partial charge in [0, 0.05) is 6.04 Å². The zero-order valence-electron chi connectivity index (χ0n) is 10.9. The molecule has 0 spiro atoms. The fourth-order valence-electron chi connectivity index (χ4n) is 3.81. The molecule has 0 amide bonds. The minimum Gasteiger partial charge on any atom is -0.396 e. The summed E-state index contributed by atoms with van der Waals surface area (Å²) in [7, 11) is 0. The van der Waals surface area contributed by atoms with E-state index in [4.69, 9.17) is 11.5 Å². The van der Waals surface area contributed by atoms with Gasteiger partial charge in [-0.05, 0) is 56.1 Å². The number of rotatable bonds is 3. The number of nitrogens with zero attached hydrogens (tertiary/aromatic N) is 1. The Morgan fingerprint density at radius 3 is 2.72 bits per heavy atom. The molecular weight excluding hydrogens is 224 g/mol. The minimum absolute atomic E-state index is 0.417. The maximum absolute atomic E-state index is 5.73. The molecule has 1 aromatic heterocycles. The molecular formula is C14H22N4. The van der Waals surface area contributed by atoms with E-state index in [9.17, 15) is 0 Å². The Bertz CT molecular complexity index is 445. The number of fused-ring (bicyclic) bond motifs is 2. The predicted molar refractivity (Wildman–Crippen MR) is 75.1 cm³/mol. The number of hydrogen-bond donors (Lipinski definition) is 3. The van der Waals surface area contributed by atoms with Gasteiger partial charge >= 0.3 is 0 Å². The standard InChI is InChI=1S/C14H22N4/c1-8(11-7-9-2-3-10(11)6-9)17-13-5-4-12(15)14(16)18-13/h4-5,8-11H,2-3,6-7,15H2,1H3,(H3,16,17,18). The number of hydrogen-bond acceptors (Lipinski definition) is 4. The van der Waals surface area contributed by atoms with Gasteiger partial charge in [-0.3, -0.25) is 0 Å². The highest BCUT2D eigenvalue weighted by molar-refractivity contribution is 5.61. The second-order valence-electron chi connectivity index (χ2n) is 5.94. The van der Waals surface area contributed by atoms with Crippen LogP contribution in [-0.2, 0) is 0 Å². The second-order valence-corrected chi connectivity index (χ2v) is 5.94. The van der Waals surface area contributed by atoms with E-state index in [1.54, 1.807) is 0 Å². The Balaban J connectivity index is 1.67. The van der Waals surface area contributed by atoms with Crippen LogP contribution in [0.3, 0.4) is 0 Å². The fourth-order valence-corrected chi connectivity index (χ4v) is 3.81. The van der Waals surface area contributed by atoms with E-state index in [2.05, 4.69) is 17.2 Å². The molecule has 5 N–H and O–H groups in total. The van der Waals surface area contributed by atoms with Gasteiger partial charge in [-0.2, -0.15) is 0 Å². The summed E-state index contributed by atoms with van der Waals surface area (Å²) in [6.07, 6.45) is 5.68. The Morgan fingerprint density at radius 2 is 2.11 bits per heavy atom. The van der Waals surface area contributed by atoms with Gasteiger partial charge in [-0.25, -0.2) is 4.98 Å². The van der Waals surface area contributed by atoms with Crippen molar-refractivity contribution in [2.24, 2.45) is 17.8 Å². The number of nitrogen functional groups attached to an aromatic ring is 2. The SMILES string of the molecule is CC(Nc1ccc(N)c(N)n1)C1CC2CCC1C2. The summed E-state index contributed by atoms with van der Waals surface area (Å²) in [6, 6.07) is 4.20. The van der Waals surface area contributed by atoms with Crippen molar-refractivity contribution in [3.63, 3.8) is 0 Å². The Hall–Kier alpha value is -1.45. The van der Waals surface area contributed by atoms with Crippen LogP contribution in [0.4, 0.5) is 17.3 Å². The first-order chi connectivity index (χ1) is 8.63. The smallest absolute Gasteiger partial charge is 0.149 e. The van der Waals surface area contributed by atoms with Gasteiger partial charge in [0.1, 0.15) is 11.6 Å². The molecule has 1 aromatic rings. The summed E-state index contributed by atoms with van der Waals surface area (Å²) in [5.74, 6) is 3.96. The third-order valence-electron chi connectivity index (χ3n) is 4.77. The van der Waals surface area contributed by atoms with E-state index >= 15 is 0 Å². The van der Waals surface area contributed by atoms with E-state index in [1.807, 2.05) is 12.1 Å². The molecule has 0 aliphatic heterocycles. The van der Waals surface area contributed by atoms with Crippen LogP contribution in [0.5, 0.6) is 0 Å². The van der Waals surface area contributed by atoms with Crippen molar-refractivity contribution >= 4 is 17.3 Å². The molecule has 3 rings (SSSR count). The molecule has 2 bridgehead atoms. The van der Waals surface area contributed by atoms with Crippen LogP contribution in [0.2, 0.25) is 0 Å². The molecule has 4 atom stereocenters. The Kier molecular flexibility index (Phi) is 2.80. The molecule has 0 saturated heterocycles. The lowest BCUT2D eigenvalue weighted by Crippen LogP contribution is -2.30. The molecule has 2 aliphatic rings. The largest absolute Gasteiger partial charge is 0.396 e. The molecule has 1 heterocycles. The van der Waals surface area contributed by atoms with Gasteiger partial charge in [0.05, 0.1) is 5.69 Å². The van der Waals surface area contributed by atoms with Gasteiger partial charge in [0.2, 0.25) is 0 Å². The van der Waals surface area contributed by atoms with Crippen molar-refractivity contribution in [1.29, 1.82) is 0 Å². The van der Waals surface area contributed by atoms with E-state index in [0.29, 0.717) is 17.5 Å². The Labute approximate surface area is 108 Å². The third kappa shape index (κ3) is 2.00. The van der Waals surface area contributed by atoms with Crippen LogP contribution in [0, 0.1) is 17.8 Å². The maximum Gasteiger partial charge on any atom is 0.149 e. The van der Waals surface area contributed by atoms with Crippen molar-refractivity contribution in [1.82, 2.24) is 4.98 Å².